The van der Waals surface area contributed by atoms with Crippen LogP contribution in [-0.4, -0.2) is 16.5 Å². The number of rotatable bonds is 1. The summed E-state index contributed by atoms with van der Waals surface area (Å²) in [5, 5.41) is 11.2. The van der Waals surface area contributed by atoms with Crippen LogP contribution in [0.5, 0.6) is 0 Å². The molecule has 0 saturated heterocycles. The minimum atomic E-state index is -0.726. The zero-order valence-electron chi connectivity index (χ0n) is 18.1. The molecule has 0 heterocycles. The van der Waals surface area contributed by atoms with Gasteiger partial charge in [0, 0.05) is 11.8 Å². The predicted molar refractivity (Wildman–Crippen MR) is 111 cm³/mol. The maximum absolute atomic E-state index is 12.3. The van der Waals surface area contributed by atoms with Crippen LogP contribution in [0, 0.1) is 58.2 Å². The van der Waals surface area contributed by atoms with E-state index >= 15 is 0 Å². The van der Waals surface area contributed by atoms with Gasteiger partial charge < -0.3 is 5.11 Å². The van der Waals surface area contributed by atoms with Crippen LogP contribution in [0.1, 0.15) is 91.4 Å². The van der Waals surface area contributed by atoms with Gasteiger partial charge in [-0.25, -0.2) is 0 Å². The summed E-state index contributed by atoms with van der Waals surface area (Å²) in [7, 11) is 0. The Morgan fingerprint density at radius 3 is 2.36 bits per heavy atom. The molecule has 154 valence electrons. The van der Waals surface area contributed by atoms with E-state index in [9.17, 15) is 9.90 Å². The summed E-state index contributed by atoms with van der Waals surface area (Å²) < 4.78 is 0. The molecule has 2 nitrogen and oxygen atoms in total. The molecule has 5 rings (SSSR count). The molecule has 2 heteroatoms. The van der Waals surface area contributed by atoms with Gasteiger partial charge in [-0.05, 0) is 112 Å². The molecule has 0 aromatic carbocycles. The molecule has 1 unspecified atom stereocenters. The van der Waals surface area contributed by atoms with Crippen LogP contribution >= 0.6 is 0 Å². The van der Waals surface area contributed by atoms with E-state index in [1.807, 2.05) is 6.92 Å². The third-order valence-electron chi connectivity index (χ3n) is 10.3. The second kappa shape index (κ2) is 6.34. The molecule has 0 amide bonds. The van der Waals surface area contributed by atoms with Gasteiger partial charge in [-0.15, -0.1) is 0 Å². The Morgan fingerprint density at radius 1 is 0.893 bits per heavy atom. The number of carbonyl (C=O) groups excluding carboxylic acids is 1. The average molecular weight is 383 g/mol. The molecule has 1 N–H and O–H groups in total. The Morgan fingerprint density at radius 2 is 1.64 bits per heavy atom. The van der Waals surface area contributed by atoms with Crippen LogP contribution < -0.4 is 0 Å². The summed E-state index contributed by atoms with van der Waals surface area (Å²) in [4.78, 5) is 12.3. The lowest BCUT2D eigenvalue weighted by molar-refractivity contribution is -0.144. The highest BCUT2D eigenvalue weighted by Crippen LogP contribution is 2.68. The first-order chi connectivity index (χ1) is 13.3. The first kappa shape index (κ1) is 19.2. The van der Waals surface area contributed by atoms with Crippen LogP contribution in [0.3, 0.4) is 0 Å². The lowest BCUT2D eigenvalue weighted by atomic mass is 9.44. The first-order valence-electron chi connectivity index (χ1n) is 12.0. The van der Waals surface area contributed by atoms with Gasteiger partial charge >= 0.3 is 0 Å². The van der Waals surface area contributed by atoms with Crippen molar-refractivity contribution in [3.05, 3.63) is 0 Å². The second-order valence-electron chi connectivity index (χ2n) is 11.7. The molecule has 5 saturated carbocycles. The van der Waals surface area contributed by atoms with E-state index < -0.39 is 5.60 Å². The molecule has 0 aromatic rings. The number of carbonyl (C=O) groups is 1. The summed E-state index contributed by atoms with van der Waals surface area (Å²) >= 11 is 0. The molecule has 28 heavy (non-hydrogen) atoms. The predicted octanol–water partition coefficient (Wildman–Crippen LogP) is 5.38. The number of ketones is 1. The Hall–Kier alpha value is -0.810. The second-order valence-corrected chi connectivity index (χ2v) is 11.7. The molecule has 8 atom stereocenters. The van der Waals surface area contributed by atoms with Crippen LogP contribution in [0.4, 0.5) is 0 Å². The fourth-order valence-corrected chi connectivity index (χ4v) is 8.49. The standard InChI is InChI=1S/C26H38O2/c1-17(27)21-8-9-22-20-7-6-19-16-26(28,13-10-18-4-5-18)15-14-24(19,2)23(20)11-12-25(21,22)3/h18-23,28H,4-9,11-12,14-16H2,1-3H3/t19?,20-,21+,22-,23-,24-,25+,26+/m0/s1. The zero-order valence-corrected chi connectivity index (χ0v) is 18.1. The molecule has 0 aromatic heterocycles. The fourth-order valence-electron chi connectivity index (χ4n) is 8.49. The number of Topliss-reactive ketones (excluding diaryl/α,β-unsaturated/α-hetero) is 1. The Labute approximate surface area is 171 Å². The van der Waals surface area contributed by atoms with Gasteiger partial charge in [-0.1, -0.05) is 25.7 Å². The van der Waals surface area contributed by atoms with Gasteiger partial charge in [0.25, 0.3) is 0 Å². The van der Waals surface area contributed by atoms with E-state index in [1.54, 1.807) is 0 Å². The van der Waals surface area contributed by atoms with E-state index in [-0.39, 0.29) is 5.41 Å². The lowest BCUT2D eigenvalue weighted by Gasteiger charge is -2.61. The number of fused-ring (bicyclic) bond motifs is 5. The normalized spacial score (nSPS) is 52.6. The topological polar surface area (TPSA) is 37.3 Å². The number of aliphatic hydroxyl groups is 1. The fraction of sp³-hybridized carbons (Fsp3) is 0.885. The highest BCUT2D eigenvalue weighted by atomic mass is 16.3. The highest BCUT2D eigenvalue weighted by Gasteiger charge is 2.61. The number of hydrogen-bond acceptors (Lipinski definition) is 2. The number of hydrogen-bond donors (Lipinski definition) is 1. The largest absolute Gasteiger partial charge is 0.378 e. The summed E-state index contributed by atoms with van der Waals surface area (Å²) in [5.74, 6) is 10.9. The molecule has 0 aliphatic heterocycles. The molecular weight excluding hydrogens is 344 g/mol. The molecule has 5 aliphatic carbocycles. The molecule has 5 fully saturated rings. The van der Waals surface area contributed by atoms with Crippen LogP contribution in [0.15, 0.2) is 0 Å². The average Bonchev–Trinajstić information content (AvgIpc) is 3.40. The Balaban J connectivity index is 1.36. The van der Waals surface area contributed by atoms with Crippen molar-refractivity contribution in [2.24, 2.45) is 46.3 Å². The molecule has 0 bridgehead atoms. The summed E-state index contributed by atoms with van der Waals surface area (Å²) in [6.07, 6.45) is 12.8. The minimum absolute atomic E-state index is 0.251. The third-order valence-corrected chi connectivity index (χ3v) is 10.3. The first-order valence-corrected chi connectivity index (χ1v) is 12.0. The van der Waals surface area contributed by atoms with Crippen LogP contribution in [-0.2, 0) is 4.79 Å². The van der Waals surface area contributed by atoms with Crippen molar-refractivity contribution >= 4 is 5.78 Å². The van der Waals surface area contributed by atoms with Crippen molar-refractivity contribution in [1.29, 1.82) is 0 Å². The quantitative estimate of drug-likeness (QED) is 0.618. The van der Waals surface area contributed by atoms with Gasteiger partial charge in [-0.3, -0.25) is 4.79 Å². The smallest absolute Gasteiger partial charge is 0.133 e. The Kier molecular flexibility index (Phi) is 4.34. The third kappa shape index (κ3) is 2.83. The van der Waals surface area contributed by atoms with E-state index in [4.69, 9.17) is 0 Å². The van der Waals surface area contributed by atoms with Crippen molar-refractivity contribution < 1.29 is 9.90 Å². The summed E-state index contributed by atoms with van der Waals surface area (Å²) in [6.45, 7) is 6.81. The molecule has 5 aliphatic rings. The highest BCUT2D eigenvalue weighted by molar-refractivity contribution is 5.79. The van der Waals surface area contributed by atoms with E-state index in [0.29, 0.717) is 29.0 Å². The van der Waals surface area contributed by atoms with Gasteiger partial charge in [0.15, 0.2) is 0 Å². The van der Waals surface area contributed by atoms with Gasteiger partial charge in [0.1, 0.15) is 11.4 Å². The maximum Gasteiger partial charge on any atom is 0.133 e. The van der Waals surface area contributed by atoms with Gasteiger partial charge in [0.2, 0.25) is 0 Å². The Bertz CT molecular complexity index is 726. The zero-order chi connectivity index (χ0) is 19.7. The van der Waals surface area contributed by atoms with E-state index in [1.165, 1.54) is 44.9 Å². The summed E-state index contributed by atoms with van der Waals surface area (Å²) in [6, 6.07) is 0. The molecule has 0 radical (unpaired) electrons. The SMILES string of the molecule is CC(=O)[C@H]1CC[C@H]2[C@@H]3CCC4C[C@@](O)(C#CC5CC5)CC[C@]4(C)[C@H]3CC[C@]12C. The maximum atomic E-state index is 12.3. The van der Waals surface area contributed by atoms with Gasteiger partial charge in [-0.2, -0.15) is 0 Å². The van der Waals surface area contributed by atoms with E-state index in [2.05, 4.69) is 25.7 Å². The lowest BCUT2D eigenvalue weighted by Crippen LogP contribution is -2.56. The van der Waals surface area contributed by atoms with Crippen molar-refractivity contribution in [2.45, 2.75) is 97.0 Å². The van der Waals surface area contributed by atoms with Crippen molar-refractivity contribution in [3.8, 4) is 11.8 Å². The van der Waals surface area contributed by atoms with Crippen LogP contribution in [0.2, 0.25) is 0 Å². The summed E-state index contributed by atoms with van der Waals surface area (Å²) in [5.41, 5.74) is -0.108. The van der Waals surface area contributed by atoms with Crippen molar-refractivity contribution in [1.82, 2.24) is 0 Å². The van der Waals surface area contributed by atoms with Gasteiger partial charge in [0.05, 0.1) is 0 Å². The minimum Gasteiger partial charge on any atom is -0.378 e. The van der Waals surface area contributed by atoms with Crippen LogP contribution in [0.25, 0.3) is 0 Å². The molecule has 0 spiro atoms. The van der Waals surface area contributed by atoms with Crippen molar-refractivity contribution in [3.63, 3.8) is 0 Å². The van der Waals surface area contributed by atoms with E-state index in [0.717, 1.165) is 43.4 Å². The van der Waals surface area contributed by atoms with Crippen molar-refractivity contribution in [2.75, 3.05) is 0 Å². The molecular formula is C26H38O2. The monoisotopic (exact) mass is 382 g/mol.